The minimum atomic E-state index is -0.682. The van der Waals surface area contributed by atoms with Gasteiger partial charge in [0.2, 0.25) is 0 Å². The first-order chi connectivity index (χ1) is 16.3. The van der Waals surface area contributed by atoms with E-state index in [-0.39, 0.29) is 12.3 Å². The summed E-state index contributed by atoms with van der Waals surface area (Å²) < 4.78 is 6.32. The van der Waals surface area contributed by atoms with Gasteiger partial charge < -0.3 is 9.84 Å². The van der Waals surface area contributed by atoms with Gasteiger partial charge in [-0.05, 0) is 97.2 Å². The summed E-state index contributed by atoms with van der Waals surface area (Å²) >= 11 is 0. The van der Waals surface area contributed by atoms with Crippen molar-refractivity contribution in [1.29, 1.82) is 0 Å². The third kappa shape index (κ3) is 6.85. The monoisotopic (exact) mass is 463 g/mol. The van der Waals surface area contributed by atoms with Crippen LogP contribution in [0.2, 0.25) is 0 Å². The van der Waals surface area contributed by atoms with Crippen molar-refractivity contribution in [3.05, 3.63) is 54.1 Å². The van der Waals surface area contributed by atoms with Crippen molar-refractivity contribution < 1.29 is 14.6 Å². The molecule has 0 radical (unpaired) electrons. The standard InChI is InChI=1S/C30H41NO3/c1-30(2,3)26-11-15-28(16-12-26)34-27-13-9-24(10-14-27)25-8-4-6-22(18-25)20-31-17-5-7-23(21-31)19-29(32)33/h4,6,8-10,13-14,18,23,26,28H,5,7,11-12,15-17,19-21H2,1-3H3,(H,32,33). The molecule has 2 fully saturated rings. The molecular formula is C30H41NO3. The first-order valence-electron chi connectivity index (χ1n) is 13.1. The molecule has 184 valence electrons. The average molecular weight is 464 g/mol. The number of piperidine rings is 1. The van der Waals surface area contributed by atoms with Crippen LogP contribution in [0.1, 0.15) is 71.3 Å². The Kier molecular flexibility index (Phi) is 7.98. The van der Waals surface area contributed by atoms with Crippen LogP contribution in [0.3, 0.4) is 0 Å². The van der Waals surface area contributed by atoms with Crippen molar-refractivity contribution in [2.24, 2.45) is 17.3 Å². The van der Waals surface area contributed by atoms with Crippen LogP contribution >= 0.6 is 0 Å². The van der Waals surface area contributed by atoms with E-state index in [1.165, 1.54) is 29.5 Å². The van der Waals surface area contributed by atoms with E-state index in [4.69, 9.17) is 9.84 Å². The van der Waals surface area contributed by atoms with E-state index in [0.717, 1.165) is 57.0 Å². The molecule has 0 bridgehead atoms. The highest BCUT2D eigenvalue weighted by atomic mass is 16.5. The van der Waals surface area contributed by atoms with E-state index in [1.807, 2.05) is 0 Å². The Morgan fingerprint density at radius 3 is 2.41 bits per heavy atom. The molecule has 2 aromatic carbocycles. The SMILES string of the molecule is CC(C)(C)C1CCC(Oc2ccc(-c3cccc(CN4CCCC(CC(=O)O)C4)c3)cc2)CC1. The smallest absolute Gasteiger partial charge is 0.303 e. The highest BCUT2D eigenvalue weighted by molar-refractivity contribution is 5.67. The van der Waals surface area contributed by atoms with Gasteiger partial charge in [-0.3, -0.25) is 9.69 Å². The Balaban J connectivity index is 1.33. The van der Waals surface area contributed by atoms with Crippen molar-refractivity contribution >= 4 is 5.97 Å². The second kappa shape index (κ2) is 10.9. The third-order valence-electron chi connectivity index (χ3n) is 7.79. The van der Waals surface area contributed by atoms with Gasteiger partial charge in [-0.25, -0.2) is 0 Å². The number of hydrogen-bond acceptors (Lipinski definition) is 3. The number of ether oxygens (including phenoxy) is 1. The van der Waals surface area contributed by atoms with Gasteiger partial charge in [0.1, 0.15) is 5.75 Å². The minimum Gasteiger partial charge on any atom is -0.490 e. The summed E-state index contributed by atoms with van der Waals surface area (Å²) in [6.07, 6.45) is 7.53. The molecule has 1 saturated heterocycles. The maximum Gasteiger partial charge on any atom is 0.303 e. The second-order valence-electron chi connectivity index (χ2n) is 11.5. The second-order valence-corrected chi connectivity index (χ2v) is 11.5. The van der Waals surface area contributed by atoms with Gasteiger partial charge in [0.15, 0.2) is 0 Å². The molecule has 2 aromatic rings. The van der Waals surface area contributed by atoms with Crippen LogP contribution in [0.25, 0.3) is 11.1 Å². The normalized spacial score (nSPS) is 24.0. The van der Waals surface area contributed by atoms with E-state index in [9.17, 15) is 4.79 Å². The molecule has 1 heterocycles. The van der Waals surface area contributed by atoms with Crippen molar-refractivity contribution in [3.8, 4) is 16.9 Å². The molecule has 1 aliphatic heterocycles. The highest BCUT2D eigenvalue weighted by Gasteiger charge is 2.30. The molecule has 4 nitrogen and oxygen atoms in total. The zero-order valence-electron chi connectivity index (χ0n) is 21.1. The lowest BCUT2D eigenvalue weighted by molar-refractivity contribution is -0.138. The zero-order chi connectivity index (χ0) is 24.1. The quantitative estimate of drug-likeness (QED) is 0.479. The van der Waals surface area contributed by atoms with Gasteiger partial charge in [-0.1, -0.05) is 51.1 Å². The van der Waals surface area contributed by atoms with Crippen LogP contribution in [-0.4, -0.2) is 35.2 Å². The lowest BCUT2D eigenvalue weighted by atomic mass is 9.72. The summed E-state index contributed by atoms with van der Waals surface area (Å²) in [4.78, 5) is 13.5. The number of rotatable bonds is 7. The van der Waals surface area contributed by atoms with E-state index < -0.39 is 5.97 Å². The Labute approximate surface area is 205 Å². The number of carboxylic acid groups (broad SMARTS) is 1. The third-order valence-corrected chi connectivity index (χ3v) is 7.79. The molecule has 4 rings (SSSR count). The summed E-state index contributed by atoms with van der Waals surface area (Å²) in [7, 11) is 0. The predicted molar refractivity (Wildman–Crippen MR) is 138 cm³/mol. The van der Waals surface area contributed by atoms with Crippen molar-refractivity contribution in [2.75, 3.05) is 13.1 Å². The van der Waals surface area contributed by atoms with Crippen molar-refractivity contribution in [3.63, 3.8) is 0 Å². The first kappa shape index (κ1) is 24.8. The molecule has 1 saturated carbocycles. The van der Waals surface area contributed by atoms with E-state index in [1.54, 1.807) is 0 Å². The Morgan fingerprint density at radius 1 is 1.00 bits per heavy atom. The van der Waals surface area contributed by atoms with Crippen LogP contribution in [0.4, 0.5) is 0 Å². The topological polar surface area (TPSA) is 49.8 Å². The fourth-order valence-corrected chi connectivity index (χ4v) is 5.78. The number of benzene rings is 2. The van der Waals surface area contributed by atoms with Gasteiger partial charge in [-0.2, -0.15) is 0 Å². The van der Waals surface area contributed by atoms with Gasteiger partial charge in [0.25, 0.3) is 0 Å². The molecule has 1 N–H and O–H groups in total. The van der Waals surface area contributed by atoms with E-state index in [0.29, 0.717) is 11.5 Å². The van der Waals surface area contributed by atoms with Gasteiger partial charge in [0.05, 0.1) is 6.10 Å². The molecule has 1 unspecified atom stereocenters. The van der Waals surface area contributed by atoms with Gasteiger partial charge in [0, 0.05) is 19.5 Å². The number of hydrogen-bond donors (Lipinski definition) is 1. The molecule has 4 heteroatoms. The van der Waals surface area contributed by atoms with E-state index >= 15 is 0 Å². The lowest BCUT2D eigenvalue weighted by Gasteiger charge is -2.36. The lowest BCUT2D eigenvalue weighted by Crippen LogP contribution is -2.35. The van der Waals surface area contributed by atoms with Crippen LogP contribution in [-0.2, 0) is 11.3 Å². The molecule has 1 atom stereocenters. The molecule has 34 heavy (non-hydrogen) atoms. The predicted octanol–water partition coefficient (Wildman–Crippen LogP) is 7.02. The maximum absolute atomic E-state index is 11.1. The molecule has 1 aliphatic carbocycles. The zero-order valence-corrected chi connectivity index (χ0v) is 21.1. The first-order valence-corrected chi connectivity index (χ1v) is 13.1. The highest BCUT2D eigenvalue weighted by Crippen LogP contribution is 2.39. The fourth-order valence-electron chi connectivity index (χ4n) is 5.78. The average Bonchev–Trinajstić information content (AvgIpc) is 2.79. The summed E-state index contributed by atoms with van der Waals surface area (Å²) in [5, 5.41) is 9.13. The molecule has 2 aliphatic rings. The number of likely N-dealkylation sites (tertiary alicyclic amines) is 1. The summed E-state index contributed by atoms with van der Waals surface area (Å²) in [6, 6.07) is 17.3. The minimum absolute atomic E-state index is 0.269. The van der Waals surface area contributed by atoms with Gasteiger partial charge >= 0.3 is 5.97 Å². The Bertz CT molecular complexity index is 938. The number of carbonyl (C=O) groups is 1. The Morgan fingerprint density at radius 2 is 1.74 bits per heavy atom. The molecule has 0 amide bonds. The van der Waals surface area contributed by atoms with Crippen molar-refractivity contribution in [1.82, 2.24) is 4.90 Å². The van der Waals surface area contributed by atoms with Crippen LogP contribution in [0, 0.1) is 17.3 Å². The van der Waals surface area contributed by atoms with Crippen LogP contribution < -0.4 is 4.74 Å². The summed E-state index contributed by atoms with van der Waals surface area (Å²) in [6.45, 7) is 9.87. The fraction of sp³-hybridized carbons (Fsp3) is 0.567. The largest absolute Gasteiger partial charge is 0.490 e. The number of aliphatic carboxylic acids is 1. The molecule has 0 spiro atoms. The maximum atomic E-state index is 11.1. The summed E-state index contributed by atoms with van der Waals surface area (Å²) in [5.74, 6) is 1.36. The number of carboxylic acids is 1. The molecular weight excluding hydrogens is 422 g/mol. The summed E-state index contributed by atoms with van der Waals surface area (Å²) in [5.41, 5.74) is 4.10. The number of nitrogens with zero attached hydrogens (tertiary/aromatic N) is 1. The Hall–Kier alpha value is -2.33. The van der Waals surface area contributed by atoms with Gasteiger partial charge in [-0.15, -0.1) is 0 Å². The molecule has 0 aromatic heterocycles. The van der Waals surface area contributed by atoms with E-state index in [2.05, 4.69) is 74.2 Å². The van der Waals surface area contributed by atoms with Crippen LogP contribution in [0.5, 0.6) is 5.75 Å². The van der Waals surface area contributed by atoms with Crippen LogP contribution in [0.15, 0.2) is 48.5 Å². The van der Waals surface area contributed by atoms with Crippen molar-refractivity contribution in [2.45, 2.75) is 78.4 Å².